The fourth-order valence-electron chi connectivity index (χ4n) is 1.36. The van der Waals surface area contributed by atoms with Crippen molar-refractivity contribution in [2.45, 2.75) is 26.8 Å². The van der Waals surface area contributed by atoms with Crippen molar-refractivity contribution in [2.24, 2.45) is 0 Å². The van der Waals surface area contributed by atoms with Crippen LogP contribution in [0.25, 0.3) is 0 Å². The van der Waals surface area contributed by atoms with Crippen LogP contribution in [0.4, 0.5) is 0 Å². The number of hydrogen-bond donors (Lipinski definition) is 2. The quantitative estimate of drug-likeness (QED) is 0.574. The molecule has 0 saturated carbocycles. The summed E-state index contributed by atoms with van der Waals surface area (Å²) in [6.07, 6.45) is 0.320. The number of rotatable bonds is 6. The molecule has 0 aromatic carbocycles. The van der Waals surface area contributed by atoms with Gasteiger partial charge in [0.2, 0.25) is 0 Å². The van der Waals surface area contributed by atoms with Crippen LogP contribution in [0, 0.1) is 6.92 Å². The van der Waals surface area contributed by atoms with Crippen LogP contribution in [0.1, 0.15) is 24.7 Å². The molecule has 0 spiro atoms. The maximum absolute atomic E-state index is 11.0. The number of carbonyl (C=O) groups is 1. The second-order valence-electron chi connectivity index (χ2n) is 3.65. The second kappa shape index (κ2) is 6.85. The van der Waals surface area contributed by atoms with E-state index in [9.17, 15) is 9.90 Å². The lowest BCUT2D eigenvalue weighted by Crippen LogP contribution is -2.19. The highest BCUT2D eigenvalue weighted by Crippen LogP contribution is 2.13. The number of ether oxygens (including phenoxy) is 1. The molecule has 0 saturated heterocycles. The number of hydrogen-bond acceptors (Lipinski definition) is 5. The fraction of sp³-hybridized carbons (Fsp3) is 0.500. The van der Waals surface area contributed by atoms with Crippen molar-refractivity contribution in [1.82, 2.24) is 10.3 Å². The number of carbonyl (C=O) groups excluding carboxylic acids is 1. The molecule has 0 aliphatic carbocycles. The van der Waals surface area contributed by atoms with Crippen molar-refractivity contribution < 1.29 is 14.6 Å². The van der Waals surface area contributed by atoms with Crippen molar-refractivity contribution in [2.75, 3.05) is 13.2 Å². The highest BCUT2D eigenvalue weighted by atomic mass is 16.5. The Morgan fingerprint density at radius 1 is 1.53 bits per heavy atom. The molecule has 5 nitrogen and oxygen atoms in total. The lowest BCUT2D eigenvalue weighted by atomic mass is 10.3. The molecular weight excluding hydrogens is 220 g/mol. The molecule has 0 bridgehead atoms. The van der Waals surface area contributed by atoms with Gasteiger partial charge in [-0.05, 0) is 26.0 Å². The Bertz CT molecular complexity index is 380. The third-order valence-corrected chi connectivity index (χ3v) is 2.19. The zero-order valence-electron chi connectivity index (χ0n) is 10.2. The van der Waals surface area contributed by atoms with Crippen LogP contribution in [-0.4, -0.2) is 29.2 Å². The Hall–Kier alpha value is -1.62. The molecule has 0 aliphatic rings. The van der Waals surface area contributed by atoms with Crippen molar-refractivity contribution in [3.05, 3.63) is 23.5 Å². The standard InChI is InChI=1S/C12H18N2O3/c1-3-17-12(16)6-7-13-8-10-11(15)5-4-9(2)14-10/h4-5,13,15H,3,6-8H2,1-2H3. The van der Waals surface area contributed by atoms with Gasteiger partial charge in [0.25, 0.3) is 0 Å². The SMILES string of the molecule is CCOC(=O)CCNCc1nc(C)ccc1O. The Labute approximate surface area is 101 Å². The average molecular weight is 238 g/mol. The number of aromatic nitrogens is 1. The Balaban J connectivity index is 2.31. The molecule has 1 aromatic rings. The highest BCUT2D eigenvalue weighted by molar-refractivity contribution is 5.69. The van der Waals surface area contributed by atoms with Gasteiger partial charge in [0.05, 0.1) is 18.7 Å². The van der Waals surface area contributed by atoms with Gasteiger partial charge in [0, 0.05) is 18.8 Å². The summed E-state index contributed by atoms with van der Waals surface area (Å²) in [5.41, 5.74) is 1.44. The number of esters is 1. The Kier molecular flexibility index (Phi) is 5.42. The smallest absolute Gasteiger partial charge is 0.307 e. The topological polar surface area (TPSA) is 71.5 Å². The lowest BCUT2D eigenvalue weighted by Gasteiger charge is -2.06. The summed E-state index contributed by atoms with van der Waals surface area (Å²) in [4.78, 5) is 15.2. The van der Waals surface area contributed by atoms with Gasteiger partial charge in [0.15, 0.2) is 0 Å². The van der Waals surface area contributed by atoms with Gasteiger partial charge in [-0.25, -0.2) is 0 Å². The molecule has 0 radical (unpaired) electrons. The van der Waals surface area contributed by atoms with Gasteiger partial charge < -0.3 is 15.2 Å². The summed E-state index contributed by atoms with van der Waals surface area (Å²) in [7, 11) is 0. The molecule has 1 heterocycles. The molecule has 0 amide bonds. The number of aromatic hydroxyl groups is 1. The molecule has 2 N–H and O–H groups in total. The van der Waals surface area contributed by atoms with Crippen molar-refractivity contribution >= 4 is 5.97 Å². The maximum atomic E-state index is 11.0. The summed E-state index contributed by atoms with van der Waals surface area (Å²) in [5.74, 6) is -0.0549. The number of aryl methyl sites for hydroxylation is 1. The van der Waals surface area contributed by atoms with Crippen LogP contribution in [0.5, 0.6) is 5.75 Å². The molecule has 1 rings (SSSR count). The summed E-state index contributed by atoms with van der Waals surface area (Å²) in [6.45, 7) is 4.99. The van der Waals surface area contributed by atoms with Crippen molar-refractivity contribution in [1.29, 1.82) is 0 Å². The summed E-state index contributed by atoms with van der Waals surface area (Å²) < 4.78 is 4.79. The van der Waals surface area contributed by atoms with Gasteiger partial charge in [-0.3, -0.25) is 9.78 Å². The number of nitrogens with zero attached hydrogens (tertiary/aromatic N) is 1. The van der Waals surface area contributed by atoms with Crippen LogP contribution < -0.4 is 5.32 Å². The monoisotopic (exact) mass is 238 g/mol. The maximum Gasteiger partial charge on any atom is 0.307 e. The first-order valence-corrected chi connectivity index (χ1v) is 5.65. The minimum atomic E-state index is -0.221. The van der Waals surface area contributed by atoms with Gasteiger partial charge in [0.1, 0.15) is 5.75 Å². The zero-order chi connectivity index (χ0) is 12.7. The van der Waals surface area contributed by atoms with Crippen LogP contribution in [0.3, 0.4) is 0 Å². The molecule has 1 aromatic heterocycles. The average Bonchev–Trinajstić information content (AvgIpc) is 2.29. The molecule has 0 aliphatic heterocycles. The minimum Gasteiger partial charge on any atom is -0.506 e. The molecular formula is C12H18N2O3. The van der Waals surface area contributed by atoms with E-state index in [0.717, 1.165) is 5.69 Å². The first kappa shape index (κ1) is 13.4. The van der Waals surface area contributed by atoms with Crippen molar-refractivity contribution in [3.8, 4) is 5.75 Å². The first-order chi connectivity index (χ1) is 8.13. The first-order valence-electron chi connectivity index (χ1n) is 5.65. The molecule has 0 atom stereocenters. The minimum absolute atomic E-state index is 0.166. The van der Waals surface area contributed by atoms with E-state index in [1.807, 2.05) is 6.92 Å². The van der Waals surface area contributed by atoms with Crippen LogP contribution in [0.2, 0.25) is 0 Å². The van der Waals surface area contributed by atoms with E-state index in [0.29, 0.717) is 31.8 Å². The van der Waals surface area contributed by atoms with E-state index in [1.165, 1.54) is 0 Å². The molecule has 94 valence electrons. The van der Waals surface area contributed by atoms with Crippen LogP contribution in [0.15, 0.2) is 12.1 Å². The third kappa shape index (κ3) is 4.82. The van der Waals surface area contributed by atoms with E-state index in [-0.39, 0.29) is 11.7 Å². The van der Waals surface area contributed by atoms with Crippen molar-refractivity contribution in [3.63, 3.8) is 0 Å². The Morgan fingerprint density at radius 3 is 3.00 bits per heavy atom. The lowest BCUT2D eigenvalue weighted by molar-refractivity contribution is -0.142. The highest BCUT2D eigenvalue weighted by Gasteiger charge is 2.04. The predicted octanol–water partition coefficient (Wildman–Crippen LogP) is 1.14. The largest absolute Gasteiger partial charge is 0.506 e. The Morgan fingerprint density at radius 2 is 2.29 bits per heavy atom. The van der Waals surface area contributed by atoms with E-state index < -0.39 is 0 Å². The molecule has 0 unspecified atom stereocenters. The number of nitrogens with one attached hydrogen (secondary N) is 1. The van der Waals surface area contributed by atoms with E-state index >= 15 is 0 Å². The molecule has 5 heteroatoms. The summed E-state index contributed by atoms with van der Waals surface area (Å²) >= 11 is 0. The second-order valence-corrected chi connectivity index (χ2v) is 3.65. The van der Waals surface area contributed by atoms with Crippen LogP contribution >= 0.6 is 0 Å². The van der Waals surface area contributed by atoms with Gasteiger partial charge in [-0.1, -0.05) is 0 Å². The predicted molar refractivity (Wildman–Crippen MR) is 63.6 cm³/mol. The third-order valence-electron chi connectivity index (χ3n) is 2.19. The van der Waals surface area contributed by atoms with Gasteiger partial charge in [-0.2, -0.15) is 0 Å². The number of pyridine rings is 1. The van der Waals surface area contributed by atoms with E-state index in [1.54, 1.807) is 19.1 Å². The van der Waals surface area contributed by atoms with Crippen LogP contribution in [-0.2, 0) is 16.1 Å². The van der Waals surface area contributed by atoms with E-state index in [2.05, 4.69) is 10.3 Å². The van der Waals surface area contributed by atoms with Gasteiger partial charge >= 0.3 is 5.97 Å². The van der Waals surface area contributed by atoms with E-state index in [4.69, 9.17) is 4.74 Å². The fourth-order valence-corrected chi connectivity index (χ4v) is 1.36. The zero-order valence-corrected chi connectivity index (χ0v) is 10.2. The normalized spacial score (nSPS) is 10.2. The molecule has 17 heavy (non-hydrogen) atoms. The summed E-state index contributed by atoms with van der Waals surface area (Å²) in [6, 6.07) is 3.36. The van der Waals surface area contributed by atoms with Gasteiger partial charge in [-0.15, -0.1) is 0 Å². The summed E-state index contributed by atoms with van der Waals surface area (Å²) in [5, 5.41) is 12.6. The molecule has 0 fully saturated rings.